The van der Waals surface area contributed by atoms with E-state index in [0.717, 1.165) is 19.3 Å². The van der Waals surface area contributed by atoms with Gasteiger partial charge in [-0.2, -0.15) is 0 Å². The van der Waals surface area contributed by atoms with Crippen LogP contribution in [-0.2, 0) is 23.9 Å². The molecule has 2 bridgehead atoms. The number of hydrogen-bond donors (Lipinski definition) is 2. The van der Waals surface area contributed by atoms with Gasteiger partial charge in [0.25, 0.3) is 0 Å². The highest BCUT2D eigenvalue weighted by atomic mass is 16.5. The van der Waals surface area contributed by atoms with Crippen molar-refractivity contribution in [1.29, 1.82) is 0 Å². The van der Waals surface area contributed by atoms with E-state index in [1.807, 2.05) is 39.8 Å². The van der Waals surface area contributed by atoms with Crippen LogP contribution in [-0.4, -0.2) is 71.7 Å². The molecule has 1 saturated carbocycles. The van der Waals surface area contributed by atoms with E-state index < -0.39 is 35.1 Å². The molecule has 3 heterocycles. The largest absolute Gasteiger partial charge is 0.382 e. The van der Waals surface area contributed by atoms with Gasteiger partial charge < -0.3 is 25.0 Å². The zero-order valence-electron chi connectivity index (χ0n) is 21.3. The number of nitrogens with one attached hydrogen (secondary N) is 2. The Morgan fingerprint density at radius 3 is 2.65 bits per heavy atom. The molecule has 4 rings (SSSR count). The third kappa shape index (κ3) is 4.51. The van der Waals surface area contributed by atoms with Crippen LogP contribution in [0, 0.1) is 17.8 Å². The minimum absolute atomic E-state index is 0.124. The van der Waals surface area contributed by atoms with E-state index in [0.29, 0.717) is 32.1 Å². The molecular weight excluding hydrogens is 434 g/mol. The summed E-state index contributed by atoms with van der Waals surface area (Å²) in [6.07, 6.45) is 8.23. The Balaban J connectivity index is 1.59. The first-order chi connectivity index (χ1) is 16.1. The first-order valence-electron chi connectivity index (χ1n) is 13.0. The Kier molecular flexibility index (Phi) is 7.11. The predicted octanol–water partition coefficient (Wildman–Crippen LogP) is 2.17. The number of carbonyl (C=O) groups excluding carboxylic acids is 3. The summed E-state index contributed by atoms with van der Waals surface area (Å²) >= 11 is 0. The molecule has 0 aromatic carbocycles. The number of amides is 3. The van der Waals surface area contributed by atoms with Gasteiger partial charge in [0.05, 0.1) is 17.9 Å². The maximum atomic E-state index is 13.8. The van der Waals surface area contributed by atoms with Gasteiger partial charge in [0.15, 0.2) is 0 Å². The molecule has 2 N–H and O–H groups in total. The molecule has 0 aromatic rings. The van der Waals surface area contributed by atoms with Gasteiger partial charge in [-0.3, -0.25) is 14.4 Å². The zero-order chi connectivity index (χ0) is 24.7. The molecule has 0 radical (unpaired) electrons. The van der Waals surface area contributed by atoms with Crippen molar-refractivity contribution >= 4 is 17.7 Å². The van der Waals surface area contributed by atoms with Crippen LogP contribution in [0.2, 0.25) is 0 Å². The molecule has 34 heavy (non-hydrogen) atoms. The van der Waals surface area contributed by atoms with Gasteiger partial charge >= 0.3 is 0 Å². The van der Waals surface area contributed by atoms with Crippen molar-refractivity contribution in [3.8, 4) is 0 Å². The second-order valence-corrected chi connectivity index (χ2v) is 11.4. The molecule has 3 aliphatic heterocycles. The first-order valence-corrected chi connectivity index (χ1v) is 13.0. The van der Waals surface area contributed by atoms with Crippen molar-refractivity contribution < 1.29 is 23.9 Å². The van der Waals surface area contributed by atoms with Crippen LogP contribution in [0.4, 0.5) is 0 Å². The molecule has 2 saturated heterocycles. The summed E-state index contributed by atoms with van der Waals surface area (Å²) in [5.74, 6) is -1.43. The number of likely N-dealkylation sites (tertiary alicyclic amines) is 1. The van der Waals surface area contributed by atoms with Gasteiger partial charge in [-0.1, -0.05) is 31.9 Å². The van der Waals surface area contributed by atoms with Crippen molar-refractivity contribution in [2.45, 2.75) is 96.1 Å². The number of fused-ring (bicyclic) bond motifs is 1. The van der Waals surface area contributed by atoms with Gasteiger partial charge in [-0.05, 0) is 52.9 Å². The molecule has 3 fully saturated rings. The maximum Gasteiger partial charge on any atom is 0.246 e. The lowest BCUT2D eigenvalue weighted by Crippen LogP contribution is -2.58. The average molecular weight is 476 g/mol. The van der Waals surface area contributed by atoms with Crippen LogP contribution in [0.15, 0.2) is 12.2 Å². The number of ether oxygens (including phenoxy) is 2. The fourth-order valence-corrected chi connectivity index (χ4v) is 6.24. The lowest BCUT2D eigenvalue weighted by molar-refractivity contribution is -0.142. The summed E-state index contributed by atoms with van der Waals surface area (Å²) in [7, 11) is 0. The molecule has 7 atom stereocenters. The van der Waals surface area contributed by atoms with Gasteiger partial charge in [-0.25, -0.2) is 0 Å². The summed E-state index contributed by atoms with van der Waals surface area (Å²) in [4.78, 5) is 42.5. The Hall–Kier alpha value is -1.93. The third-order valence-electron chi connectivity index (χ3n) is 7.75. The van der Waals surface area contributed by atoms with Crippen LogP contribution in [0.3, 0.4) is 0 Å². The predicted molar refractivity (Wildman–Crippen MR) is 128 cm³/mol. The molecule has 190 valence electrons. The molecule has 1 aliphatic carbocycles. The zero-order valence-corrected chi connectivity index (χ0v) is 21.3. The standard InChI is InChI=1S/C26H41N3O5/c1-6-33-15-9-14-29-21(23(31)28-25(3,4)5)26-13-12-18(34-26)19(20(26)24(29)32)22(30)27-17-11-8-7-10-16(17)2/h12-13,16-21H,6-11,14-15H2,1-5H3,(H,27,30)(H,28,31)/t16-,17-,18-,19-,20+,21+,26+/m1/s1. The molecule has 8 heteroatoms. The molecular formula is C26H41N3O5. The van der Waals surface area contributed by atoms with E-state index in [4.69, 9.17) is 9.47 Å². The summed E-state index contributed by atoms with van der Waals surface area (Å²) in [6.45, 7) is 11.4. The molecule has 0 unspecified atom stereocenters. The van der Waals surface area contributed by atoms with Gasteiger partial charge in [-0.15, -0.1) is 0 Å². The van der Waals surface area contributed by atoms with Gasteiger partial charge in [0.1, 0.15) is 11.6 Å². The van der Waals surface area contributed by atoms with Crippen molar-refractivity contribution in [3.05, 3.63) is 12.2 Å². The lowest BCUT2D eigenvalue weighted by atomic mass is 9.73. The Labute approximate surface area is 203 Å². The Morgan fingerprint density at radius 2 is 1.97 bits per heavy atom. The van der Waals surface area contributed by atoms with Crippen LogP contribution < -0.4 is 10.6 Å². The minimum atomic E-state index is -1.11. The molecule has 4 aliphatic rings. The third-order valence-corrected chi connectivity index (χ3v) is 7.75. The normalized spacial score (nSPS) is 36.6. The summed E-state index contributed by atoms with van der Waals surface area (Å²) in [6, 6.07) is -0.683. The summed E-state index contributed by atoms with van der Waals surface area (Å²) in [5, 5.41) is 6.28. The van der Waals surface area contributed by atoms with E-state index in [1.165, 1.54) is 6.42 Å². The quantitative estimate of drug-likeness (QED) is 0.414. The molecule has 8 nitrogen and oxygen atoms in total. The van der Waals surface area contributed by atoms with Crippen molar-refractivity contribution in [3.63, 3.8) is 0 Å². The van der Waals surface area contributed by atoms with Crippen molar-refractivity contribution in [1.82, 2.24) is 15.5 Å². The fourth-order valence-electron chi connectivity index (χ4n) is 6.24. The fraction of sp³-hybridized carbons (Fsp3) is 0.808. The van der Waals surface area contributed by atoms with Crippen LogP contribution in [0.5, 0.6) is 0 Å². The van der Waals surface area contributed by atoms with Gasteiger partial charge in [0, 0.05) is 31.3 Å². The monoisotopic (exact) mass is 475 g/mol. The van der Waals surface area contributed by atoms with E-state index >= 15 is 0 Å². The second kappa shape index (κ2) is 9.61. The first kappa shape index (κ1) is 25.2. The topological polar surface area (TPSA) is 97.0 Å². The summed E-state index contributed by atoms with van der Waals surface area (Å²) < 4.78 is 11.8. The summed E-state index contributed by atoms with van der Waals surface area (Å²) in [5.41, 5.74) is -1.57. The SMILES string of the molecule is CCOCCCN1C(=O)[C@@H]2[C@H](C(=O)N[C@@H]3CCCC[C@H]3C)[C@H]3C=C[C@@]2(O3)[C@@H]1C(=O)NC(C)(C)C. The lowest BCUT2D eigenvalue weighted by Gasteiger charge is -2.34. The van der Waals surface area contributed by atoms with Crippen molar-refractivity contribution in [2.24, 2.45) is 17.8 Å². The Morgan fingerprint density at radius 1 is 1.24 bits per heavy atom. The highest BCUT2D eigenvalue weighted by Crippen LogP contribution is 2.55. The maximum absolute atomic E-state index is 13.8. The molecule has 0 aromatic heterocycles. The van der Waals surface area contributed by atoms with E-state index in [-0.39, 0.29) is 23.8 Å². The van der Waals surface area contributed by atoms with E-state index in [9.17, 15) is 14.4 Å². The smallest absolute Gasteiger partial charge is 0.246 e. The van der Waals surface area contributed by atoms with Crippen molar-refractivity contribution in [2.75, 3.05) is 19.8 Å². The van der Waals surface area contributed by atoms with E-state index in [1.54, 1.807) is 4.90 Å². The number of nitrogens with zero attached hydrogens (tertiary/aromatic N) is 1. The van der Waals surface area contributed by atoms with Crippen LogP contribution in [0.1, 0.15) is 66.7 Å². The van der Waals surface area contributed by atoms with Crippen LogP contribution in [0.25, 0.3) is 0 Å². The number of carbonyl (C=O) groups is 3. The molecule has 1 spiro atoms. The van der Waals surface area contributed by atoms with Gasteiger partial charge in [0.2, 0.25) is 17.7 Å². The average Bonchev–Trinajstić information content (AvgIpc) is 3.39. The Bertz CT molecular complexity index is 837. The van der Waals surface area contributed by atoms with E-state index in [2.05, 4.69) is 17.6 Å². The number of hydrogen-bond acceptors (Lipinski definition) is 5. The minimum Gasteiger partial charge on any atom is -0.382 e. The second-order valence-electron chi connectivity index (χ2n) is 11.4. The highest BCUT2D eigenvalue weighted by molar-refractivity contribution is 6.00. The molecule has 3 amide bonds. The number of rotatable bonds is 8. The highest BCUT2D eigenvalue weighted by Gasteiger charge is 2.72. The van der Waals surface area contributed by atoms with Crippen LogP contribution >= 0.6 is 0 Å².